The van der Waals surface area contributed by atoms with E-state index in [1.165, 1.54) is 62.5 Å². The zero-order valence-corrected chi connectivity index (χ0v) is 40.5. The molecule has 5 aromatic rings. The van der Waals surface area contributed by atoms with E-state index in [0.29, 0.717) is 0 Å². The Bertz CT molecular complexity index is 2010. The van der Waals surface area contributed by atoms with Crippen molar-refractivity contribution in [3.05, 3.63) is 60.5 Å². The van der Waals surface area contributed by atoms with Crippen molar-refractivity contribution in [1.29, 1.82) is 0 Å². The third kappa shape index (κ3) is 7.63. The second-order valence-corrected chi connectivity index (χ2v) is 50.9. The topological polar surface area (TPSA) is 46.5 Å². The average molecular weight is 961 g/mol. The van der Waals surface area contributed by atoms with Crippen LogP contribution in [0.4, 0.5) is 0 Å². The van der Waals surface area contributed by atoms with Gasteiger partial charge in [0.15, 0.2) is 0 Å². The van der Waals surface area contributed by atoms with Crippen LogP contribution in [-0.2, 0) is 24.2 Å². The van der Waals surface area contributed by atoms with Gasteiger partial charge in [0, 0.05) is 0 Å². The first kappa shape index (κ1) is 39.0. The van der Waals surface area contributed by atoms with Gasteiger partial charge in [-0.15, -0.1) is 0 Å². The fraction of sp³-hybridized carbons (Fsp3) is 0.488. The molecule has 1 aromatic carbocycles. The molecule has 0 bridgehead atoms. The molecular formula is C41H54O3S4Sn2. The van der Waals surface area contributed by atoms with Crippen LogP contribution in [0.25, 0.3) is 31.3 Å². The molecule has 4 aromatic heterocycles. The molecule has 50 heavy (non-hydrogen) atoms. The Balaban J connectivity index is 1.69. The van der Waals surface area contributed by atoms with Crippen LogP contribution < -0.4 is 21.0 Å². The Kier molecular flexibility index (Phi) is 12.5. The number of hydrogen-bond acceptors (Lipinski definition) is 7. The molecule has 1 aliphatic rings. The van der Waals surface area contributed by atoms with Crippen LogP contribution in [0.3, 0.4) is 0 Å². The number of ether oxygens (including phenoxy) is 1. The van der Waals surface area contributed by atoms with Crippen LogP contribution in [0.2, 0.25) is 29.6 Å². The molecule has 0 saturated carbocycles. The van der Waals surface area contributed by atoms with Crippen molar-refractivity contribution in [2.75, 3.05) is 7.11 Å². The summed E-state index contributed by atoms with van der Waals surface area (Å²) in [6.45, 7) is 4.55. The van der Waals surface area contributed by atoms with Gasteiger partial charge < -0.3 is 0 Å². The predicted octanol–water partition coefficient (Wildman–Crippen LogP) is 10.1. The van der Waals surface area contributed by atoms with E-state index in [2.05, 4.69) is 67.8 Å². The quantitative estimate of drug-likeness (QED) is 0.0792. The van der Waals surface area contributed by atoms with Crippen LogP contribution in [0, 0.1) is 0 Å². The monoisotopic (exact) mass is 962 g/mol. The summed E-state index contributed by atoms with van der Waals surface area (Å²) in [5.74, 6) is 0.184. The number of aliphatic hydroxyl groups excluding tert-OH is 1. The fourth-order valence-corrected chi connectivity index (χ4v) is 26.0. The van der Waals surface area contributed by atoms with Gasteiger partial charge in [-0.3, -0.25) is 0 Å². The molecule has 268 valence electrons. The van der Waals surface area contributed by atoms with Crippen molar-refractivity contribution >= 4 is 125 Å². The van der Waals surface area contributed by atoms with Crippen LogP contribution in [0.15, 0.2) is 24.3 Å². The number of hydrogen-bond donors (Lipinski definition) is 1. The van der Waals surface area contributed by atoms with Crippen molar-refractivity contribution in [2.45, 2.75) is 114 Å². The first-order valence-corrected chi connectivity index (χ1v) is 41.8. The molecular weight excluding hydrogens is 906 g/mol. The fourth-order valence-electron chi connectivity index (χ4n) is 7.52. The number of benzene rings is 1. The number of carbonyl (C=O) groups excluding carboxylic acids is 1. The summed E-state index contributed by atoms with van der Waals surface area (Å²) in [6.07, 6.45) is 12.2. The number of thiophene rings is 4. The van der Waals surface area contributed by atoms with E-state index >= 15 is 4.79 Å². The van der Waals surface area contributed by atoms with E-state index in [1.807, 2.05) is 22.7 Å². The molecule has 0 saturated heterocycles. The Morgan fingerprint density at radius 1 is 0.640 bits per heavy atom. The normalized spacial score (nSPS) is 13.8. The number of unbranched alkanes of at least 4 members (excludes halogenated alkanes) is 6. The molecule has 3 nitrogen and oxygen atoms in total. The van der Waals surface area contributed by atoms with E-state index in [-0.39, 0.29) is 12.4 Å². The number of carbonyl (C=O) groups is 1. The second kappa shape index (κ2) is 16.0. The van der Waals surface area contributed by atoms with Crippen molar-refractivity contribution in [3.63, 3.8) is 0 Å². The molecule has 6 rings (SSSR count). The SMILES string of the molecule is CCCCCCc1cc(C2=c3c(c4sc(OC)cc4c4cc(CO)sc34)=C(c3cc(CCCCCC)[c]([Sn]([CH3])([CH3])[CH3])s3)C2=O)s[c]1[Sn]([CH3])([CH3])[CH3]. The van der Waals surface area contributed by atoms with E-state index in [0.717, 1.165) is 74.3 Å². The molecule has 0 unspecified atom stereocenters. The minimum atomic E-state index is -2.51. The molecule has 0 amide bonds. The summed E-state index contributed by atoms with van der Waals surface area (Å²) >= 11 is 2.15. The molecule has 1 N–H and O–H groups in total. The summed E-state index contributed by atoms with van der Waals surface area (Å²) in [5.41, 5.74) is 4.77. The number of Topliss-reactive ketones (excluding diaryl/α,β-unsaturated/α-hetero) is 1. The molecule has 0 aliphatic heterocycles. The van der Waals surface area contributed by atoms with Crippen molar-refractivity contribution in [1.82, 2.24) is 0 Å². The maximum absolute atomic E-state index is 15.4. The molecule has 0 atom stereocenters. The number of aliphatic hydroxyl groups is 1. The number of fused-ring (bicyclic) bond motifs is 6. The Hall–Kier alpha value is -0.693. The first-order chi connectivity index (χ1) is 23.8. The van der Waals surface area contributed by atoms with Gasteiger partial charge in [0.2, 0.25) is 0 Å². The summed E-state index contributed by atoms with van der Waals surface area (Å²) in [5, 5.41) is 15.7. The summed E-state index contributed by atoms with van der Waals surface area (Å²) in [6, 6.07) is 9.13. The minimum absolute atomic E-state index is 0.00541. The van der Waals surface area contributed by atoms with Crippen molar-refractivity contribution < 1.29 is 14.6 Å². The van der Waals surface area contributed by atoms with Crippen LogP contribution in [-0.4, -0.2) is 54.8 Å². The third-order valence-corrected chi connectivity index (χ3v) is 33.7. The van der Waals surface area contributed by atoms with Gasteiger partial charge in [-0.25, -0.2) is 0 Å². The summed E-state index contributed by atoms with van der Waals surface area (Å²) in [4.78, 5) is 33.8. The van der Waals surface area contributed by atoms with Gasteiger partial charge in [0.25, 0.3) is 0 Å². The van der Waals surface area contributed by atoms with E-state index in [1.54, 1.807) is 35.6 Å². The zero-order chi connectivity index (χ0) is 36.0. The predicted molar refractivity (Wildman–Crippen MR) is 229 cm³/mol. The summed E-state index contributed by atoms with van der Waals surface area (Å²) in [7, 11) is 1.74. The van der Waals surface area contributed by atoms with Crippen LogP contribution in [0.1, 0.15) is 91.0 Å². The van der Waals surface area contributed by atoms with Gasteiger partial charge in [-0.2, -0.15) is 0 Å². The van der Waals surface area contributed by atoms with Crippen molar-refractivity contribution in [2.24, 2.45) is 0 Å². The maximum atomic E-state index is 15.4. The van der Waals surface area contributed by atoms with Gasteiger partial charge >= 0.3 is 327 Å². The zero-order valence-electron chi connectivity index (χ0n) is 31.5. The summed E-state index contributed by atoms with van der Waals surface area (Å²) < 4.78 is 11.3. The third-order valence-electron chi connectivity index (χ3n) is 9.87. The second-order valence-electron chi connectivity index (χ2n) is 16.0. The molecule has 9 heteroatoms. The average Bonchev–Trinajstić information content (AvgIpc) is 3.88. The Labute approximate surface area is 323 Å². The van der Waals surface area contributed by atoms with E-state index < -0.39 is 36.8 Å². The van der Waals surface area contributed by atoms with E-state index in [9.17, 15) is 5.11 Å². The van der Waals surface area contributed by atoms with E-state index in [4.69, 9.17) is 4.74 Å². The Morgan fingerprint density at radius 3 is 1.56 bits per heavy atom. The number of aryl methyl sites for hydroxylation is 2. The molecule has 1 aliphatic carbocycles. The standard InChI is InChI=1S/C35H36O3S4.6CH3.2Sn/c1-4-6-8-10-12-21-14-26(39-19-21)29-31-32(30(33(29)37)27-15-22(20-40-27)13-11-9-7-5-2)35-25(17-28(38-3)42-35)24-16-23(18-36)41-34(24)31;;;;;;;;/h14-17,36H,4-13,18H2,1-3H3;6*1H3;;. The van der Waals surface area contributed by atoms with Gasteiger partial charge in [0.05, 0.1) is 0 Å². The van der Waals surface area contributed by atoms with Gasteiger partial charge in [-0.05, 0) is 0 Å². The molecule has 0 fully saturated rings. The van der Waals surface area contributed by atoms with Crippen molar-refractivity contribution in [3.8, 4) is 5.06 Å². The Morgan fingerprint density at radius 2 is 1.12 bits per heavy atom. The molecule has 0 radical (unpaired) electrons. The number of methoxy groups -OCH3 is 1. The number of rotatable bonds is 16. The van der Waals surface area contributed by atoms with Gasteiger partial charge in [-0.1, -0.05) is 0 Å². The molecule has 0 spiro atoms. The first-order valence-electron chi connectivity index (χ1n) is 18.5. The van der Waals surface area contributed by atoms with Crippen LogP contribution >= 0.6 is 45.3 Å². The van der Waals surface area contributed by atoms with Crippen LogP contribution in [0.5, 0.6) is 5.06 Å². The number of ketones is 1. The molecule has 4 heterocycles. The van der Waals surface area contributed by atoms with Gasteiger partial charge in [0.1, 0.15) is 0 Å².